The number of primary sulfonamides is 1. The molecule has 0 atom stereocenters. The monoisotopic (exact) mass is 284 g/mol. The Kier molecular flexibility index (Phi) is 3.65. The number of carbonyl (C=O) groups excluding carboxylic acids is 1. The van der Waals surface area contributed by atoms with Crippen molar-refractivity contribution < 1.29 is 13.2 Å². The Hall–Kier alpha value is -1.44. The van der Waals surface area contributed by atoms with E-state index in [1.165, 1.54) is 11.3 Å². The number of hydrogen-bond donors (Lipinski definition) is 2. The molecule has 7 heteroatoms. The van der Waals surface area contributed by atoms with E-state index < -0.39 is 10.0 Å². The number of carbonyl (C=O) groups is 1. The third-order valence-corrected chi connectivity index (χ3v) is 4.13. The highest BCUT2D eigenvalue weighted by molar-refractivity contribution is 7.89. The van der Waals surface area contributed by atoms with Gasteiger partial charge < -0.3 is 5.32 Å². The van der Waals surface area contributed by atoms with Gasteiger partial charge in [0.25, 0.3) is 5.91 Å². The largest absolute Gasteiger partial charge is 0.351 e. The molecule has 0 unspecified atom stereocenters. The van der Waals surface area contributed by atoms with Crippen molar-refractivity contribution in [2.45, 2.75) is 0 Å². The highest BCUT2D eigenvalue weighted by Gasteiger charge is 2.12. The second-order valence-electron chi connectivity index (χ2n) is 3.77. The zero-order chi connectivity index (χ0) is 13.2. The van der Waals surface area contributed by atoms with E-state index in [1.807, 2.05) is 24.3 Å². The summed E-state index contributed by atoms with van der Waals surface area (Å²) in [6.45, 7) is 0.0157. The highest BCUT2D eigenvalue weighted by atomic mass is 32.2. The number of fused-ring (bicyclic) bond motifs is 1. The standard InChI is InChI=1S/C11H12N2O3S2/c12-18(15,16)6-5-13-11(14)9-7-17-10-4-2-1-3-8(9)10/h1-4,7H,5-6H2,(H,13,14)(H2,12,15,16). The number of rotatable bonds is 4. The van der Waals surface area contributed by atoms with E-state index in [2.05, 4.69) is 5.32 Å². The zero-order valence-electron chi connectivity index (χ0n) is 9.42. The molecule has 0 saturated carbocycles. The van der Waals surface area contributed by atoms with Gasteiger partial charge >= 0.3 is 0 Å². The van der Waals surface area contributed by atoms with Crippen LogP contribution in [0.4, 0.5) is 0 Å². The Bertz CT molecular complexity index is 676. The molecule has 3 N–H and O–H groups in total. The first-order valence-electron chi connectivity index (χ1n) is 5.22. The van der Waals surface area contributed by atoms with Crippen LogP contribution in [-0.4, -0.2) is 26.6 Å². The van der Waals surface area contributed by atoms with Gasteiger partial charge in [-0.05, 0) is 6.07 Å². The van der Waals surface area contributed by atoms with Crippen molar-refractivity contribution >= 4 is 37.4 Å². The quantitative estimate of drug-likeness (QED) is 0.875. The van der Waals surface area contributed by atoms with E-state index in [-0.39, 0.29) is 18.2 Å². The predicted octanol–water partition coefficient (Wildman–Crippen LogP) is 0.920. The molecule has 0 bridgehead atoms. The second-order valence-corrected chi connectivity index (χ2v) is 6.41. The first-order chi connectivity index (χ1) is 8.47. The molecule has 0 spiro atoms. The van der Waals surface area contributed by atoms with Crippen molar-refractivity contribution in [3.05, 3.63) is 35.2 Å². The van der Waals surface area contributed by atoms with E-state index in [1.54, 1.807) is 5.38 Å². The van der Waals surface area contributed by atoms with Crippen LogP contribution in [0.5, 0.6) is 0 Å². The summed E-state index contributed by atoms with van der Waals surface area (Å²) in [7, 11) is -3.54. The third-order valence-electron chi connectivity index (χ3n) is 2.40. The lowest BCUT2D eigenvalue weighted by molar-refractivity contribution is 0.0958. The number of sulfonamides is 1. The summed E-state index contributed by atoms with van der Waals surface area (Å²) in [6, 6.07) is 7.55. The molecule has 2 rings (SSSR count). The average molecular weight is 284 g/mol. The Balaban J connectivity index is 2.10. The Morgan fingerprint density at radius 3 is 2.78 bits per heavy atom. The van der Waals surface area contributed by atoms with Crippen molar-refractivity contribution in [2.24, 2.45) is 5.14 Å². The first-order valence-corrected chi connectivity index (χ1v) is 7.82. The number of nitrogens with one attached hydrogen (secondary N) is 1. The van der Waals surface area contributed by atoms with Crippen LogP contribution in [0.2, 0.25) is 0 Å². The fraction of sp³-hybridized carbons (Fsp3) is 0.182. The van der Waals surface area contributed by atoms with Crippen molar-refractivity contribution in [3.63, 3.8) is 0 Å². The van der Waals surface area contributed by atoms with Crippen LogP contribution in [0, 0.1) is 0 Å². The molecule has 0 fully saturated rings. The van der Waals surface area contributed by atoms with Crippen LogP contribution in [-0.2, 0) is 10.0 Å². The van der Waals surface area contributed by atoms with Gasteiger partial charge in [0.15, 0.2) is 0 Å². The topological polar surface area (TPSA) is 89.3 Å². The van der Waals surface area contributed by atoms with Crippen LogP contribution >= 0.6 is 11.3 Å². The molecule has 1 amide bonds. The number of hydrogen-bond acceptors (Lipinski definition) is 4. The Morgan fingerprint density at radius 2 is 2.06 bits per heavy atom. The summed E-state index contributed by atoms with van der Waals surface area (Å²) in [6.07, 6.45) is 0. The average Bonchev–Trinajstić information content (AvgIpc) is 2.70. The molecule has 1 aromatic heterocycles. The lowest BCUT2D eigenvalue weighted by Crippen LogP contribution is -2.31. The van der Waals surface area contributed by atoms with Gasteiger partial charge in [-0.3, -0.25) is 4.79 Å². The van der Waals surface area contributed by atoms with Crippen LogP contribution in [0.1, 0.15) is 10.4 Å². The molecule has 18 heavy (non-hydrogen) atoms. The number of nitrogens with two attached hydrogens (primary N) is 1. The van der Waals surface area contributed by atoms with Crippen LogP contribution in [0.15, 0.2) is 29.6 Å². The normalized spacial score (nSPS) is 11.6. The molecule has 0 aliphatic carbocycles. The molecule has 0 saturated heterocycles. The van der Waals surface area contributed by atoms with Crippen molar-refractivity contribution in [1.29, 1.82) is 0 Å². The SMILES string of the molecule is NS(=O)(=O)CCNC(=O)c1csc2ccccc12. The molecule has 0 aliphatic heterocycles. The minimum Gasteiger partial charge on any atom is -0.351 e. The van der Waals surface area contributed by atoms with E-state index in [4.69, 9.17) is 5.14 Å². The van der Waals surface area contributed by atoms with E-state index in [0.717, 1.165) is 10.1 Å². The highest BCUT2D eigenvalue weighted by Crippen LogP contribution is 2.25. The summed E-state index contributed by atoms with van der Waals surface area (Å²) in [5, 5.41) is 10.0. The van der Waals surface area contributed by atoms with Gasteiger partial charge in [0.05, 0.1) is 11.3 Å². The minimum absolute atomic E-state index is 0.0157. The fourth-order valence-electron chi connectivity index (χ4n) is 1.56. The molecule has 1 heterocycles. The first kappa shape index (κ1) is 13.0. The molecule has 0 aliphatic rings. The van der Waals surface area contributed by atoms with Gasteiger partial charge in [0.2, 0.25) is 10.0 Å². The zero-order valence-corrected chi connectivity index (χ0v) is 11.1. The van der Waals surface area contributed by atoms with Gasteiger partial charge in [-0.1, -0.05) is 18.2 Å². The third kappa shape index (κ3) is 3.06. The summed E-state index contributed by atoms with van der Waals surface area (Å²) < 4.78 is 22.5. The van der Waals surface area contributed by atoms with Crippen LogP contribution < -0.4 is 10.5 Å². The molecule has 0 radical (unpaired) electrons. The maximum Gasteiger partial charge on any atom is 0.252 e. The summed E-state index contributed by atoms with van der Waals surface area (Å²) >= 11 is 1.48. The van der Waals surface area contributed by atoms with Crippen molar-refractivity contribution in [1.82, 2.24) is 5.32 Å². The van der Waals surface area contributed by atoms with Gasteiger partial charge in [0.1, 0.15) is 0 Å². The van der Waals surface area contributed by atoms with Gasteiger partial charge in [-0.25, -0.2) is 13.6 Å². The molecular weight excluding hydrogens is 272 g/mol. The molecule has 1 aromatic carbocycles. The fourth-order valence-corrected chi connectivity index (χ4v) is 2.88. The molecule has 96 valence electrons. The number of thiophene rings is 1. The number of amides is 1. The minimum atomic E-state index is -3.54. The predicted molar refractivity (Wildman–Crippen MR) is 72.1 cm³/mol. The maximum atomic E-state index is 11.9. The summed E-state index contributed by atoms with van der Waals surface area (Å²) in [5.41, 5.74) is 0.560. The smallest absolute Gasteiger partial charge is 0.252 e. The van der Waals surface area contributed by atoms with E-state index in [9.17, 15) is 13.2 Å². The molecule has 5 nitrogen and oxygen atoms in total. The van der Waals surface area contributed by atoms with Crippen LogP contribution in [0.25, 0.3) is 10.1 Å². The lowest BCUT2D eigenvalue weighted by Gasteiger charge is -2.03. The molecule has 2 aromatic rings. The van der Waals surface area contributed by atoms with Crippen molar-refractivity contribution in [2.75, 3.05) is 12.3 Å². The summed E-state index contributed by atoms with van der Waals surface area (Å²) in [5.74, 6) is -0.544. The van der Waals surface area contributed by atoms with Gasteiger partial charge in [-0.2, -0.15) is 0 Å². The lowest BCUT2D eigenvalue weighted by atomic mass is 10.2. The number of benzene rings is 1. The molecular formula is C11H12N2O3S2. The van der Waals surface area contributed by atoms with Crippen LogP contribution in [0.3, 0.4) is 0 Å². The Labute approximate surface area is 109 Å². The van der Waals surface area contributed by atoms with E-state index >= 15 is 0 Å². The Morgan fingerprint density at radius 1 is 1.33 bits per heavy atom. The maximum absolute atomic E-state index is 11.9. The summed E-state index contributed by atoms with van der Waals surface area (Å²) in [4.78, 5) is 11.9. The van der Waals surface area contributed by atoms with E-state index in [0.29, 0.717) is 5.56 Å². The van der Waals surface area contributed by atoms with Gasteiger partial charge in [0, 0.05) is 22.0 Å². The van der Waals surface area contributed by atoms with Gasteiger partial charge in [-0.15, -0.1) is 11.3 Å². The van der Waals surface area contributed by atoms with Crippen molar-refractivity contribution in [3.8, 4) is 0 Å². The second kappa shape index (κ2) is 5.05.